The fraction of sp³-hybridized carbons (Fsp3) is 0.667. The van der Waals surface area contributed by atoms with Crippen molar-refractivity contribution in [2.75, 3.05) is 34.0 Å². The predicted octanol–water partition coefficient (Wildman–Crippen LogP) is 0.996. The molecular weight excluding hydrogens is 530 g/mol. The summed E-state index contributed by atoms with van der Waals surface area (Å²) in [5.74, 6) is -0.682. The molecule has 5 aliphatic heterocycles. The molecule has 1 aromatic carbocycles. The van der Waals surface area contributed by atoms with Gasteiger partial charge in [0.05, 0.1) is 6.10 Å². The number of carbonyl (C=O) groups is 3. The van der Waals surface area contributed by atoms with Crippen LogP contribution in [0.25, 0.3) is 0 Å². The summed E-state index contributed by atoms with van der Waals surface area (Å²) in [4.78, 5) is 41.7. The number of hydrogen-bond donors (Lipinski definition) is 0. The van der Waals surface area contributed by atoms with Gasteiger partial charge in [-0.1, -0.05) is 0 Å². The van der Waals surface area contributed by atoms with Crippen LogP contribution in [0, 0.1) is 0 Å². The number of ether oxygens (including phenoxy) is 9. The largest absolute Gasteiger partial charge is 0.454 e. The first-order chi connectivity index (χ1) is 19.3. The average molecular weight is 564 g/mol. The zero-order chi connectivity index (χ0) is 28.0. The summed E-state index contributed by atoms with van der Waals surface area (Å²) in [6, 6.07) is 3.64. The van der Waals surface area contributed by atoms with E-state index in [1.165, 1.54) is 6.92 Å². The molecule has 0 aliphatic carbocycles. The maximum absolute atomic E-state index is 14.0. The molecule has 3 saturated heterocycles. The van der Waals surface area contributed by atoms with Crippen LogP contribution >= 0.6 is 0 Å². The minimum Gasteiger partial charge on any atom is -0.454 e. The smallest absolute Gasteiger partial charge is 0.303 e. The first kappa shape index (κ1) is 27.4. The molecule has 218 valence electrons. The maximum Gasteiger partial charge on any atom is 0.303 e. The second-order valence-electron chi connectivity index (χ2n) is 10.5. The lowest BCUT2D eigenvalue weighted by molar-refractivity contribution is -0.319. The third kappa shape index (κ3) is 5.06. The molecule has 6 rings (SSSR count). The summed E-state index contributed by atoms with van der Waals surface area (Å²) in [6.07, 6.45) is -5.73. The molecule has 13 heteroatoms. The molecule has 40 heavy (non-hydrogen) atoms. The Hall–Kier alpha value is -2.81. The summed E-state index contributed by atoms with van der Waals surface area (Å²) < 4.78 is 51.8. The molecule has 0 N–H and O–H groups in total. The highest BCUT2D eigenvalue weighted by Gasteiger charge is 2.51. The topological polar surface area (TPSA) is 138 Å². The summed E-state index contributed by atoms with van der Waals surface area (Å²) >= 11 is 0. The molecule has 0 unspecified atom stereocenters. The van der Waals surface area contributed by atoms with Gasteiger partial charge in [-0.15, -0.1) is 0 Å². The van der Waals surface area contributed by atoms with Crippen LogP contribution in [0.2, 0.25) is 0 Å². The highest BCUT2D eigenvalue weighted by atomic mass is 16.8. The Balaban J connectivity index is 1.35. The van der Waals surface area contributed by atoms with Gasteiger partial charge < -0.3 is 47.5 Å². The van der Waals surface area contributed by atoms with Gasteiger partial charge in [0.25, 0.3) is 5.91 Å². The Morgan fingerprint density at radius 3 is 2.55 bits per heavy atom. The maximum atomic E-state index is 14.0. The van der Waals surface area contributed by atoms with Gasteiger partial charge in [-0.3, -0.25) is 14.4 Å². The van der Waals surface area contributed by atoms with Crippen molar-refractivity contribution in [3.8, 4) is 11.5 Å². The van der Waals surface area contributed by atoms with Gasteiger partial charge in [-0.25, -0.2) is 0 Å². The lowest BCUT2D eigenvalue weighted by atomic mass is 9.86. The van der Waals surface area contributed by atoms with Crippen LogP contribution in [-0.2, 0) is 54.1 Å². The summed E-state index contributed by atoms with van der Waals surface area (Å²) in [7, 11) is 1.54. The minimum absolute atomic E-state index is 0.00849. The zero-order valence-electron chi connectivity index (χ0n) is 22.6. The van der Waals surface area contributed by atoms with E-state index >= 15 is 0 Å². The number of Topliss-reactive ketones (excluding diaryl/α,β-unsaturated/α-hetero) is 1. The molecule has 1 aromatic rings. The normalized spacial score (nSPS) is 35.5. The van der Waals surface area contributed by atoms with Crippen molar-refractivity contribution in [3.05, 3.63) is 23.3 Å². The van der Waals surface area contributed by atoms with Crippen molar-refractivity contribution >= 4 is 17.7 Å². The van der Waals surface area contributed by atoms with Gasteiger partial charge in [0, 0.05) is 39.5 Å². The van der Waals surface area contributed by atoms with Crippen LogP contribution in [0.1, 0.15) is 43.7 Å². The highest BCUT2D eigenvalue weighted by Crippen LogP contribution is 2.42. The number of fused-ring (bicyclic) bond motifs is 7. The number of nitrogens with zero attached hydrogens (tertiary/aromatic N) is 1. The number of carbonyl (C=O) groups excluding carboxylic acids is 3. The van der Waals surface area contributed by atoms with E-state index in [1.54, 1.807) is 18.9 Å². The quantitative estimate of drug-likeness (QED) is 0.483. The van der Waals surface area contributed by atoms with Crippen LogP contribution in [0.4, 0.5) is 0 Å². The van der Waals surface area contributed by atoms with Gasteiger partial charge in [-0.05, 0) is 36.6 Å². The lowest BCUT2D eigenvalue weighted by Gasteiger charge is -2.44. The number of rotatable bonds is 4. The number of ketones is 1. The third-order valence-electron chi connectivity index (χ3n) is 8.03. The number of benzene rings is 1. The fourth-order valence-corrected chi connectivity index (χ4v) is 6.15. The molecular formula is C27H33NO12. The van der Waals surface area contributed by atoms with Crippen LogP contribution in [0.3, 0.4) is 0 Å². The summed E-state index contributed by atoms with van der Waals surface area (Å²) in [5.41, 5.74) is 1.58. The zero-order valence-corrected chi connectivity index (χ0v) is 22.6. The van der Waals surface area contributed by atoms with E-state index in [4.69, 9.17) is 42.6 Å². The standard InChI is InChI=1S/C27H33NO12/c1-13-22(32-3)24-25(37-11-33-10-36-24)27(38-13)40-21-8-18(30)16-4-5-28(26(31)23(21)39-14(2)29)9-15-6-19-20(7-17(15)16)35-12-34-19/h6-7,13,16,21-25,27H,4-5,8-12H2,1-3H3/t13-,16-,21-,22-,23+,24+,25-,27+/m1/s1. The van der Waals surface area contributed by atoms with Gasteiger partial charge in [0.1, 0.15) is 43.8 Å². The molecule has 2 bridgehead atoms. The molecule has 0 saturated carbocycles. The van der Waals surface area contributed by atoms with Crippen molar-refractivity contribution < 1.29 is 57.0 Å². The molecule has 0 radical (unpaired) electrons. The van der Waals surface area contributed by atoms with E-state index in [-0.39, 0.29) is 39.1 Å². The van der Waals surface area contributed by atoms with E-state index < -0.39 is 60.7 Å². The molecule has 5 aliphatic rings. The van der Waals surface area contributed by atoms with Crippen molar-refractivity contribution in [1.82, 2.24) is 4.90 Å². The number of esters is 1. The Morgan fingerprint density at radius 2 is 1.80 bits per heavy atom. The Morgan fingerprint density at radius 1 is 1.05 bits per heavy atom. The molecule has 13 nitrogen and oxygen atoms in total. The molecule has 1 amide bonds. The molecule has 5 heterocycles. The van der Waals surface area contributed by atoms with Crippen LogP contribution in [0.15, 0.2) is 12.1 Å². The number of amides is 1. The lowest BCUT2D eigenvalue weighted by Crippen LogP contribution is -2.61. The van der Waals surface area contributed by atoms with Crippen LogP contribution in [0.5, 0.6) is 11.5 Å². The van der Waals surface area contributed by atoms with Crippen molar-refractivity contribution in [2.45, 2.75) is 82.1 Å². The minimum atomic E-state index is -1.38. The van der Waals surface area contributed by atoms with E-state index in [0.717, 1.165) is 11.1 Å². The van der Waals surface area contributed by atoms with Crippen LogP contribution < -0.4 is 9.47 Å². The van der Waals surface area contributed by atoms with E-state index in [0.29, 0.717) is 24.5 Å². The molecule has 0 spiro atoms. The second kappa shape index (κ2) is 11.2. The van der Waals surface area contributed by atoms with Gasteiger partial charge in [0.2, 0.25) is 12.9 Å². The Kier molecular flexibility index (Phi) is 7.68. The van der Waals surface area contributed by atoms with E-state index in [9.17, 15) is 14.4 Å². The van der Waals surface area contributed by atoms with E-state index in [2.05, 4.69) is 0 Å². The van der Waals surface area contributed by atoms with Gasteiger partial charge in [0.15, 0.2) is 17.8 Å². The number of hydrogen-bond acceptors (Lipinski definition) is 12. The van der Waals surface area contributed by atoms with Crippen molar-refractivity contribution in [1.29, 1.82) is 0 Å². The molecule has 8 atom stereocenters. The first-order valence-corrected chi connectivity index (χ1v) is 13.4. The highest BCUT2D eigenvalue weighted by molar-refractivity contribution is 5.91. The fourth-order valence-electron chi connectivity index (χ4n) is 6.15. The molecule has 0 aromatic heterocycles. The van der Waals surface area contributed by atoms with Crippen molar-refractivity contribution in [2.24, 2.45) is 0 Å². The Labute approximate surface area is 230 Å². The monoisotopic (exact) mass is 563 g/mol. The van der Waals surface area contributed by atoms with Gasteiger partial charge >= 0.3 is 5.97 Å². The number of methoxy groups -OCH3 is 1. The van der Waals surface area contributed by atoms with Crippen molar-refractivity contribution in [3.63, 3.8) is 0 Å². The second-order valence-corrected chi connectivity index (χ2v) is 10.5. The van der Waals surface area contributed by atoms with E-state index in [1.807, 2.05) is 12.1 Å². The summed E-state index contributed by atoms with van der Waals surface area (Å²) in [5, 5.41) is 0. The predicted molar refractivity (Wildman–Crippen MR) is 131 cm³/mol. The van der Waals surface area contributed by atoms with Crippen LogP contribution in [-0.4, -0.2) is 99.5 Å². The SMILES string of the molecule is CO[C@H]1[C@@H]2OCOCO[C@H]2[C@H](O[C@@H]2CC(=O)[C@@H]3CCN(Cc4cc5c(cc43)OCO5)C(=O)[C@H]2OC(C)=O)O[C@@H]1C. The average Bonchev–Trinajstić information content (AvgIpc) is 3.13. The summed E-state index contributed by atoms with van der Waals surface area (Å²) in [6.45, 7) is 3.53. The Bertz CT molecular complexity index is 1160. The first-order valence-electron chi connectivity index (χ1n) is 13.4. The molecule has 3 fully saturated rings. The third-order valence-corrected chi connectivity index (χ3v) is 8.03. The van der Waals surface area contributed by atoms with Gasteiger partial charge in [-0.2, -0.15) is 0 Å².